The van der Waals surface area contributed by atoms with Crippen molar-refractivity contribution >= 4 is 17.7 Å². The van der Waals surface area contributed by atoms with Gasteiger partial charge in [-0.15, -0.1) is 0 Å². The van der Waals surface area contributed by atoms with Crippen LogP contribution in [0.4, 0.5) is 0 Å². The minimum atomic E-state index is -1.23. The number of hydrogen-bond acceptors (Lipinski definition) is 9. The molecule has 0 saturated carbocycles. The van der Waals surface area contributed by atoms with Gasteiger partial charge in [-0.1, -0.05) is 30.3 Å². The standard InChI is InChI=1S/C27H31NO10/c1-14(29)17-8-7-9-18(12-17)36-27-22(28-16(3)30)24(35-15(2)25(31)32)23-21(37-27)13-34-26(38-23)19-10-5-6-11-20(19)33-4/h5-12,15,21-24,26-27H,13H2,1-4H3,(H,28,30)(H,31,32). The molecular weight excluding hydrogens is 498 g/mol. The van der Waals surface area contributed by atoms with E-state index in [4.69, 9.17) is 28.4 Å². The molecule has 1 amide bonds. The van der Waals surface area contributed by atoms with E-state index in [1.165, 1.54) is 27.9 Å². The molecule has 2 aromatic rings. The quantitative estimate of drug-likeness (QED) is 0.466. The van der Waals surface area contributed by atoms with Crippen LogP contribution in [0.15, 0.2) is 48.5 Å². The van der Waals surface area contributed by atoms with E-state index in [0.29, 0.717) is 22.6 Å². The number of methoxy groups -OCH3 is 1. The van der Waals surface area contributed by atoms with Gasteiger partial charge in [0.25, 0.3) is 0 Å². The van der Waals surface area contributed by atoms with Gasteiger partial charge in [0.15, 0.2) is 18.2 Å². The number of ketones is 1. The molecule has 2 aliphatic rings. The molecule has 7 unspecified atom stereocenters. The van der Waals surface area contributed by atoms with E-state index in [1.807, 2.05) is 12.1 Å². The highest BCUT2D eigenvalue weighted by atomic mass is 16.8. The zero-order chi connectivity index (χ0) is 27.4. The largest absolute Gasteiger partial charge is 0.496 e. The van der Waals surface area contributed by atoms with Crippen molar-refractivity contribution in [1.29, 1.82) is 0 Å². The summed E-state index contributed by atoms with van der Waals surface area (Å²) in [4.78, 5) is 35.8. The molecule has 2 heterocycles. The van der Waals surface area contributed by atoms with Crippen LogP contribution in [-0.2, 0) is 28.5 Å². The van der Waals surface area contributed by atoms with Gasteiger partial charge in [0.2, 0.25) is 12.2 Å². The molecule has 0 bridgehead atoms. The number of aliphatic carboxylic acids is 1. The van der Waals surface area contributed by atoms with Crippen molar-refractivity contribution in [3.05, 3.63) is 59.7 Å². The Bertz CT molecular complexity index is 1170. The summed E-state index contributed by atoms with van der Waals surface area (Å²) >= 11 is 0. The van der Waals surface area contributed by atoms with Crippen molar-refractivity contribution in [2.45, 2.75) is 63.8 Å². The highest BCUT2D eigenvalue weighted by Crippen LogP contribution is 2.39. The number of para-hydroxylation sites is 1. The highest BCUT2D eigenvalue weighted by Gasteiger charge is 2.53. The predicted octanol–water partition coefficient (Wildman–Crippen LogP) is 2.48. The second-order valence-corrected chi connectivity index (χ2v) is 9.06. The lowest BCUT2D eigenvalue weighted by molar-refractivity contribution is -0.340. The number of benzene rings is 2. The van der Waals surface area contributed by atoms with E-state index in [1.54, 1.807) is 36.4 Å². The normalized spacial score (nSPS) is 27.5. The Morgan fingerprint density at radius 2 is 1.84 bits per heavy atom. The van der Waals surface area contributed by atoms with Crippen molar-refractivity contribution in [1.82, 2.24) is 5.32 Å². The Hall–Kier alpha value is -3.51. The van der Waals surface area contributed by atoms with Crippen LogP contribution in [0.25, 0.3) is 0 Å². The third-order valence-electron chi connectivity index (χ3n) is 6.30. The third kappa shape index (κ3) is 6.13. The number of Topliss-reactive ketones (excluding diaryl/α,β-unsaturated/α-hetero) is 1. The molecule has 2 saturated heterocycles. The third-order valence-corrected chi connectivity index (χ3v) is 6.30. The van der Waals surface area contributed by atoms with Gasteiger partial charge in [0.05, 0.1) is 13.7 Å². The molecule has 11 heteroatoms. The predicted molar refractivity (Wildman–Crippen MR) is 132 cm³/mol. The molecule has 0 radical (unpaired) electrons. The summed E-state index contributed by atoms with van der Waals surface area (Å²) < 4.78 is 35.9. The number of carboxylic acids is 1. The van der Waals surface area contributed by atoms with Crippen LogP contribution >= 0.6 is 0 Å². The van der Waals surface area contributed by atoms with Crippen LogP contribution < -0.4 is 14.8 Å². The maximum absolute atomic E-state index is 12.2. The Kier molecular flexibility index (Phi) is 8.62. The average molecular weight is 530 g/mol. The highest BCUT2D eigenvalue weighted by molar-refractivity contribution is 5.94. The van der Waals surface area contributed by atoms with E-state index in [2.05, 4.69) is 5.32 Å². The summed E-state index contributed by atoms with van der Waals surface area (Å²) in [6.45, 7) is 4.21. The fourth-order valence-electron chi connectivity index (χ4n) is 4.46. The summed E-state index contributed by atoms with van der Waals surface area (Å²) in [5.74, 6) is -0.866. The number of rotatable bonds is 9. The molecule has 7 atom stereocenters. The first-order valence-corrected chi connectivity index (χ1v) is 12.2. The number of carboxylic acid groups (broad SMARTS) is 1. The maximum Gasteiger partial charge on any atom is 0.332 e. The lowest BCUT2D eigenvalue weighted by Crippen LogP contribution is -2.68. The first-order valence-electron chi connectivity index (χ1n) is 12.2. The molecule has 38 heavy (non-hydrogen) atoms. The first-order chi connectivity index (χ1) is 18.2. The van der Waals surface area contributed by atoms with Gasteiger partial charge in [-0.25, -0.2) is 4.79 Å². The van der Waals surface area contributed by atoms with Crippen LogP contribution in [0.5, 0.6) is 11.5 Å². The SMILES string of the molecule is COc1ccccc1C1OCC2OC(Oc3cccc(C(C)=O)c3)C(NC(C)=O)C(OC(C)C(=O)O)C2O1. The minimum absolute atomic E-state index is 0.0643. The van der Waals surface area contributed by atoms with Gasteiger partial charge in [-0.05, 0) is 32.0 Å². The van der Waals surface area contributed by atoms with E-state index in [9.17, 15) is 19.5 Å². The zero-order valence-corrected chi connectivity index (χ0v) is 21.5. The van der Waals surface area contributed by atoms with Crippen molar-refractivity contribution < 1.29 is 47.9 Å². The lowest BCUT2D eigenvalue weighted by Gasteiger charge is -2.49. The van der Waals surface area contributed by atoms with E-state index < -0.39 is 54.9 Å². The number of amides is 1. The molecule has 2 aliphatic heterocycles. The summed E-state index contributed by atoms with van der Waals surface area (Å²) in [6.07, 6.45) is -5.74. The van der Waals surface area contributed by atoms with Gasteiger partial charge in [0.1, 0.15) is 35.9 Å². The Balaban J connectivity index is 1.67. The van der Waals surface area contributed by atoms with Gasteiger partial charge >= 0.3 is 5.97 Å². The molecule has 4 rings (SSSR count). The second kappa shape index (κ2) is 11.9. The summed E-state index contributed by atoms with van der Waals surface area (Å²) in [5.41, 5.74) is 1.07. The monoisotopic (exact) mass is 529 g/mol. The van der Waals surface area contributed by atoms with Crippen LogP contribution in [-0.4, -0.2) is 73.2 Å². The van der Waals surface area contributed by atoms with E-state index in [-0.39, 0.29) is 12.4 Å². The van der Waals surface area contributed by atoms with Crippen LogP contribution in [0.1, 0.15) is 43.0 Å². The zero-order valence-electron chi connectivity index (χ0n) is 21.5. The maximum atomic E-state index is 12.2. The number of hydrogen-bond donors (Lipinski definition) is 2. The molecule has 204 valence electrons. The van der Waals surface area contributed by atoms with Crippen molar-refractivity contribution in [2.75, 3.05) is 13.7 Å². The lowest BCUT2D eigenvalue weighted by atomic mass is 9.95. The molecule has 11 nitrogen and oxygen atoms in total. The minimum Gasteiger partial charge on any atom is -0.496 e. The molecule has 0 spiro atoms. The molecule has 2 fully saturated rings. The fourth-order valence-corrected chi connectivity index (χ4v) is 4.46. The Morgan fingerprint density at radius 3 is 2.53 bits per heavy atom. The fraction of sp³-hybridized carbons (Fsp3) is 0.444. The molecule has 2 aromatic carbocycles. The molecular formula is C27H31NO10. The van der Waals surface area contributed by atoms with Crippen LogP contribution in [0.3, 0.4) is 0 Å². The average Bonchev–Trinajstić information content (AvgIpc) is 2.90. The van der Waals surface area contributed by atoms with Gasteiger partial charge in [-0.3, -0.25) is 9.59 Å². The topological polar surface area (TPSA) is 139 Å². The smallest absolute Gasteiger partial charge is 0.332 e. The number of carbonyl (C=O) groups excluding carboxylic acids is 2. The van der Waals surface area contributed by atoms with Crippen LogP contribution in [0, 0.1) is 0 Å². The molecule has 0 aliphatic carbocycles. The van der Waals surface area contributed by atoms with Gasteiger partial charge in [-0.2, -0.15) is 0 Å². The first kappa shape index (κ1) is 27.5. The van der Waals surface area contributed by atoms with E-state index in [0.717, 1.165) is 0 Å². The number of fused-ring (bicyclic) bond motifs is 1. The molecule has 0 aromatic heterocycles. The Morgan fingerprint density at radius 1 is 1.08 bits per heavy atom. The van der Waals surface area contributed by atoms with Crippen LogP contribution in [0.2, 0.25) is 0 Å². The summed E-state index contributed by atoms with van der Waals surface area (Å²) in [7, 11) is 1.53. The number of carbonyl (C=O) groups is 3. The Labute approximate surface area is 219 Å². The number of ether oxygens (including phenoxy) is 6. The summed E-state index contributed by atoms with van der Waals surface area (Å²) in [5, 5.41) is 12.3. The van der Waals surface area contributed by atoms with Crippen molar-refractivity contribution in [3.63, 3.8) is 0 Å². The van der Waals surface area contributed by atoms with Crippen molar-refractivity contribution in [3.8, 4) is 11.5 Å². The second-order valence-electron chi connectivity index (χ2n) is 9.06. The molecule has 2 N–H and O–H groups in total. The number of nitrogens with one attached hydrogen (secondary N) is 1. The summed E-state index contributed by atoms with van der Waals surface area (Å²) in [6, 6.07) is 12.7. The van der Waals surface area contributed by atoms with Crippen molar-refractivity contribution in [2.24, 2.45) is 0 Å². The van der Waals surface area contributed by atoms with Gasteiger partial charge < -0.3 is 38.8 Å². The van der Waals surface area contributed by atoms with E-state index >= 15 is 0 Å². The van der Waals surface area contributed by atoms with Gasteiger partial charge in [0, 0.05) is 18.1 Å².